The van der Waals surface area contributed by atoms with Crippen LogP contribution >= 0.6 is 0 Å². The van der Waals surface area contributed by atoms with Gasteiger partial charge in [0.25, 0.3) is 0 Å². The van der Waals surface area contributed by atoms with Gasteiger partial charge in [0.05, 0.1) is 6.42 Å². The van der Waals surface area contributed by atoms with Crippen LogP contribution < -0.4 is 0 Å². The van der Waals surface area contributed by atoms with Gasteiger partial charge in [0.15, 0.2) is 0 Å². The molecule has 1 rings (SSSR count). The van der Waals surface area contributed by atoms with Gasteiger partial charge in [-0.3, -0.25) is 9.69 Å². The summed E-state index contributed by atoms with van der Waals surface area (Å²) in [5.41, 5.74) is 0. The number of hydrogen-bond acceptors (Lipinski definition) is 3. The normalized spacial score (nSPS) is 18.7. The van der Waals surface area contributed by atoms with Gasteiger partial charge in [0, 0.05) is 18.6 Å². The Hall–Kier alpha value is -0.610. The lowest BCUT2D eigenvalue weighted by Gasteiger charge is -2.40. The Kier molecular flexibility index (Phi) is 6.65. The minimum Gasteiger partial charge on any atom is -0.481 e. The molecule has 0 saturated carbocycles. The number of hydrogen-bond donors (Lipinski definition) is 1. The lowest BCUT2D eigenvalue weighted by molar-refractivity contribution is -0.137. The predicted molar refractivity (Wildman–Crippen MR) is 73.8 cm³/mol. The van der Waals surface area contributed by atoms with Crippen molar-refractivity contribution in [2.45, 2.75) is 58.5 Å². The van der Waals surface area contributed by atoms with E-state index in [1.807, 2.05) is 0 Å². The van der Waals surface area contributed by atoms with Gasteiger partial charge in [0.2, 0.25) is 0 Å². The van der Waals surface area contributed by atoms with Gasteiger partial charge in [-0.15, -0.1) is 0 Å². The van der Waals surface area contributed by atoms with Crippen molar-refractivity contribution in [2.24, 2.45) is 0 Å². The third kappa shape index (κ3) is 4.94. The van der Waals surface area contributed by atoms with Crippen LogP contribution in [0.4, 0.5) is 0 Å². The Labute approximate surface area is 111 Å². The van der Waals surface area contributed by atoms with E-state index in [0.29, 0.717) is 18.6 Å². The van der Waals surface area contributed by atoms with Crippen molar-refractivity contribution in [3.63, 3.8) is 0 Å². The Morgan fingerprint density at radius 2 is 2.00 bits per heavy atom. The highest BCUT2D eigenvalue weighted by atomic mass is 16.4. The number of aliphatic carboxylic acids is 1. The number of likely N-dealkylation sites (tertiary alicyclic amines) is 1. The molecule has 0 aromatic heterocycles. The largest absolute Gasteiger partial charge is 0.481 e. The highest BCUT2D eigenvalue weighted by Crippen LogP contribution is 2.19. The molecule has 0 bridgehead atoms. The van der Waals surface area contributed by atoms with Crippen LogP contribution in [0.3, 0.4) is 0 Å². The summed E-state index contributed by atoms with van der Waals surface area (Å²) in [4.78, 5) is 15.6. The molecule has 0 aliphatic carbocycles. The minimum absolute atomic E-state index is 0.257. The highest BCUT2D eigenvalue weighted by molar-refractivity contribution is 5.66. The summed E-state index contributed by atoms with van der Waals surface area (Å²) in [6, 6.07) is 1.00. The molecule has 0 aromatic carbocycles. The van der Waals surface area contributed by atoms with Crippen LogP contribution in [-0.2, 0) is 4.79 Å². The monoisotopic (exact) mass is 256 g/mol. The summed E-state index contributed by atoms with van der Waals surface area (Å²) in [5.74, 6) is -0.691. The van der Waals surface area contributed by atoms with Crippen LogP contribution in [0.1, 0.15) is 46.5 Å². The first-order chi connectivity index (χ1) is 8.54. The number of carboxylic acid groups (broad SMARTS) is 1. The lowest BCUT2D eigenvalue weighted by Crippen LogP contribution is -2.48. The zero-order valence-corrected chi connectivity index (χ0v) is 12.1. The van der Waals surface area contributed by atoms with Crippen molar-refractivity contribution in [1.29, 1.82) is 0 Å². The molecule has 0 spiro atoms. The van der Waals surface area contributed by atoms with E-state index in [9.17, 15) is 4.79 Å². The maximum absolute atomic E-state index is 10.7. The molecule has 4 nitrogen and oxygen atoms in total. The van der Waals surface area contributed by atoms with Crippen molar-refractivity contribution < 1.29 is 9.90 Å². The Morgan fingerprint density at radius 1 is 1.39 bits per heavy atom. The smallest absolute Gasteiger partial charge is 0.304 e. The standard InChI is InChI=1S/C14H28N2O2/c1-4-8-15-9-5-13(6-10-15)16(12(2)3)11-7-14(17)18/h12-13H,4-11H2,1-3H3,(H,17,18). The van der Waals surface area contributed by atoms with Crippen molar-refractivity contribution in [3.8, 4) is 0 Å². The van der Waals surface area contributed by atoms with Gasteiger partial charge in [0.1, 0.15) is 0 Å². The summed E-state index contributed by atoms with van der Waals surface area (Å²) in [5, 5.41) is 8.82. The zero-order valence-electron chi connectivity index (χ0n) is 12.1. The zero-order chi connectivity index (χ0) is 13.5. The first kappa shape index (κ1) is 15.4. The van der Waals surface area contributed by atoms with E-state index in [1.54, 1.807) is 0 Å². The van der Waals surface area contributed by atoms with Crippen LogP contribution in [0.15, 0.2) is 0 Å². The maximum Gasteiger partial charge on any atom is 0.304 e. The summed E-state index contributed by atoms with van der Waals surface area (Å²) >= 11 is 0. The van der Waals surface area contributed by atoms with E-state index in [1.165, 1.54) is 25.8 Å². The Bertz CT molecular complexity index is 248. The Morgan fingerprint density at radius 3 is 2.44 bits per heavy atom. The van der Waals surface area contributed by atoms with Crippen molar-refractivity contribution in [3.05, 3.63) is 0 Å². The number of rotatable bonds is 7. The molecule has 1 fully saturated rings. The number of carbonyl (C=O) groups is 1. The molecule has 0 atom stereocenters. The van der Waals surface area contributed by atoms with Crippen molar-refractivity contribution in [2.75, 3.05) is 26.2 Å². The Balaban J connectivity index is 2.42. The number of carboxylic acids is 1. The molecule has 1 heterocycles. The fourth-order valence-electron chi connectivity index (χ4n) is 2.88. The van der Waals surface area contributed by atoms with Crippen LogP contribution in [0.25, 0.3) is 0 Å². The quantitative estimate of drug-likeness (QED) is 0.757. The predicted octanol–water partition coefficient (Wildman–Crippen LogP) is 2.05. The molecule has 0 aromatic rings. The van der Waals surface area contributed by atoms with Gasteiger partial charge in [-0.25, -0.2) is 0 Å². The van der Waals surface area contributed by atoms with Crippen LogP contribution in [0, 0.1) is 0 Å². The third-order valence-corrected chi connectivity index (χ3v) is 3.81. The second kappa shape index (κ2) is 7.74. The molecular formula is C14H28N2O2. The maximum atomic E-state index is 10.7. The lowest BCUT2D eigenvalue weighted by atomic mass is 10.0. The fourth-order valence-corrected chi connectivity index (χ4v) is 2.88. The first-order valence-electron chi connectivity index (χ1n) is 7.24. The van der Waals surface area contributed by atoms with Gasteiger partial charge >= 0.3 is 5.97 Å². The van der Waals surface area contributed by atoms with E-state index in [-0.39, 0.29) is 6.42 Å². The molecule has 0 amide bonds. The summed E-state index contributed by atoms with van der Waals surface area (Å²) in [6.45, 7) is 10.8. The SMILES string of the molecule is CCCN1CCC(N(CCC(=O)O)C(C)C)CC1. The average molecular weight is 256 g/mol. The van der Waals surface area contributed by atoms with Crippen LogP contribution in [0.5, 0.6) is 0 Å². The van der Waals surface area contributed by atoms with Crippen molar-refractivity contribution in [1.82, 2.24) is 9.80 Å². The molecule has 0 unspecified atom stereocenters. The second-order valence-electron chi connectivity index (χ2n) is 5.55. The molecular weight excluding hydrogens is 228 g/mol. The molecule has 1 saturated heterocycles. The van der Waals surface area contributed by atoms with Gasteiger partial charge in [-0.05, 0) is 52.7 Å². The highest BCUT2D eigenvalue weighted by Gasteiger charge is 2.26. The minimum atomic E-state index is -0.691. The molecule has 18 heavy (non-hydrogen) atoms. The van der Waals surface area contributed by atoms with E-state index < -0.39 is 5.97 Å². The van der Waals surface area contributed by atoms with Crippen molar-refractivity contribution >= 4 is 5.97 Å². The molecule has 106 valence electrons. The van der Waals surface area contributed by atoms with E-state index in [0.717, 1.165) is 13.1 Å². The van der Waals surface area contributed by atoms with E-state index in [2.05, 4.69) is 30.6 Å². The molecule has 1 N–H and O–H groups in total. The summed E-state index contributed by atoms with van der Waals surface area (Å²) in [6.07, 6.45) is 3.83. The first-order valence-corrected chi connectivity index (χ1v) is 7.24. The third-order valence-electron chi connectivity index (χ3n) is 3.81. The molecule has 0 radical (unpaired) electrons. The van der Waals surface area contributed by atoms with Gasteiger partial charge in [-0.1, -0.05) is 6.92 Å². The topological polar surface area (TPSA) is 43.8 Å². The van der Waals surface area contributed by atoms with E-state index >= 15 is 0 Å². The van der Waals surface area contributed by atoms with Crippen LogP contribution in [-0.4, -0.2) is 59.1 Å². The average Bonchev–Trinajstić information content (AvgIpc) is 2.31. The molecule has 1 aliphatic rings. The number of piperidine rings is 1. The molecule has 1 aliphatic heterocycles. The fraction of sp³-hybridized carbons (Fsp3) is 0.929. The summed E-state index contributed by atoms with van der Waals surface area (Å²) in [7, 11) is 0. The van der Waals surface area contributed by atoms with Gasteiger partial charge in [-0.2, -0.15) is 0 Å². The van der Waals surface area contributed by atoms with Crippen LogP contribution in [0.2, 0.25) is 0 Å². The summed E-state index contributed by atoms with van der Waals surface area (Å²) < 4.78 is 0. The number of nitrogens with zero attached hydrogens (tertiary/aromatic N) is 2. The van der Waals surface area contributed by atoms with Gasteiger partial charge < -0.3 is 10.0 Å². The van der Waals surface area contributed by atoms with E-state index in [4.69, 9.17) is 5.11 Å². The second-order valence-corrected chi connectivity index (χ2v) is 5.55. The molecule has 4 heteroatoms.